The standard InChI is InChI=1S/C6H7O3/c1-4-2-5(7)3-6(8)9-4/h4,7H,2H2,1H3. The molecule has 1 N–H and O–H groups in total. The predicted molar refractivity (Wildman–Crippen MR) is 29.6 cm³/mol. The topological polar surface area (TPSA) is 46.5 Å². The second-order valence-corrected chi connectivity index (χ2v) is 1.99. The van der Waals surface area contributed by atoms with Crippen molar-refractivity contribution in [2.45, 2.75) is 19.4 Å². The van der Waals surface area contributed by atoms with Crippen LogP contribution in [0.3, 0.4) is 0 Å². The molecule has 1 radical (unpaired) electrons. The lowest BCUT2D eigenvalue weighted by atomic mass is 10.2. The predicted octanol–water partition coefficient (Wildman–Crippen LogP) is 0.567. The normalized spacial score (nSPS) is 27.0. The number of aliphatic hydroxyl groups excluding tert-OH is 1. The fraction of sp³-hybridized carbons (Fsp3) is 0.500. The highest BCUT2D eigenvalue weighted by Crippen LogP contribution is 2.10. The molecule has 1 rings (SSSR count). The van der Waals surface area contributed by atoms with Crippen LogP contribution < -0.4 is 0 Å². The first kappa shape index (κ1) is 6.13. The zero-order valence-corrected chi connectivity index (χ0v) is 5.05. The molecule has 0 amide bonds. The van der Waals surface area contributed by atoms with Gasteiger partial charge in [0.25, 0.3) is 0 Å². The summed E-state index contributed by atoms with van der Waals surface area (Å²) >= 11 is 0. The summed E-state index contributed by atoms with van der Waals surface area (Å²) < 4.78 is 4.63. The number of hydrogen-bond acceptors (Lipinski definition) is 3. The Balaban J connectivity index is 2.67. The maximum absolute atomic E-state index is 10.4. The van der Waals surface area contributed by atoms with Gasteiger partial charge in [-0.05, 0) is 6.92 Å². The van der Waals surface area contributed by atoms with Gasteiger partial charge in [-0.1, -0.05) is 0 Å². The van der Waals surface area contributed by atoms with Gasteiger partial charge < -0.3 is 9.84 Å². The monoisotopic (exact) mass is 127 g/mol. The Morgan fingerprint density at radius 3 is 3.00 bits per heavy atom. The SMILES string of the molecule is CC1CC(O)=[C]C(=O)O1. The quantitative estimate of drug-likeness (QED) is 0.484. The molecular weight excluding hydrogens is 120 g/mol. The van der Waals surface area contributed by atoms with Crippen LogP contribution in [0.4, 0.5) is 0 Å². The van der Waals surface area contributed by atoms with Gasteiger partial charge in [0.15, 0.2) is 0 Å². The Bertz CT molecular complexity index is 160. The minimum atomic E-state index is -0.578. The summed E-state index contributed by atoms with van der Waals surface area (Å²) in [5.74, 6) is -0.593. The largest absolute Gasteiger partial charge is 0.511 e. The van der Waals surface area contributed by atoms with E-state index in [1.165, 1.54) is 0 Å². The van der Waals surface area contributed by atoms with Crippen molar-refractivity contribution in [3.05, 3.63) is 11.8 Å². The highest BCUT2D eigenvalue weighted by Gasteiger charge is 2.16. The minimum Gasteiger partial charge on any atom is -0.511 e. The molecule has 0 spiro atoms. The van der Waals surface area contributed by atoms with E-state index >= 15 is 0 Å². The first-order chi connectivity index (χ1) is 4.18. The molecule has 0 aliphatic carbocycles. The fourth-order valence-electron chi connectivity index (χ4n) is 0.695. The van der Waals surface area contributed by atoms with Gasteiger partial charge in [0.1, 0.15) is 17.9 Å². The van der Waals surface area contributed by atoms with E-state index in [0.717, 1.165) is 0 Å². The van der Waals surface area contributed by atoms with Gasteiger partial charge in [0.2, 0.25) is 0 Å². The third-order valence-electron chi connectivity index (χ3n) is 1.04. The minimum absolute atomic E-state index is 0.0150. The summed E-state index contributed by atoms with van der Waals surface area (Å²) in [6.45, 7) is 1.72. The summed E-state index contributed by atoms with van der Waals surface area (Å²) in [4.78, 5) is 10.4. The van der Waals surface area contributed by atoms with E-state index < -0.39 is 5.97 Å². The summed E-state index contributed by atoms with van der Waals surface area (Å²) in [6.07, 6.45) is 2.29. The van der Waals surface area contributed by atoms with E-state index in [-0.39, 0.29) is 11.9 Å². The van der Waals surface area contributed by atoms with Crippen LogP contribution in [0.15, 0.2) is 5.76 Å². The highest BCUT2D eigenvalue weighted by molar-refractivity contribution is 5.78. The molecule has 0 fully saturated rings. The van der Waals surface area contributed by atoms with Gasteiger partial charge >= 0.3 is 5.97 Å². The molecule has 0 aromatic carbocycles. The van der Waals surface area contributed by atoms with Crippen molar-refractivity contribution in [2.75, 3.05) is 0 Å². The van der Waals surface area contributed by atoms with Crippen molar-refractivity contribution in [1.29, 1.82) is 0 Å². The van der Waals surface area contributed by atoms with E-state index in [1.54, 1.807) is 6.92 Å². The lowest BCUT2D eigenvalue weighted by Gasteiger charge is -2.14. The van der Waals surface area contributed by atoms with E-state index in [1.807, 2.05) is 0 Å². The van der Waals surface area contributed by atoms with Crippen LogP contribution in [-0.4, -0.2) is 17.2 Å². The average molecular weight is 127 g/mol. The number of hydrogen-bond donors (Lipinski definition) is 1. The van der Waals surface area contributed by atoms with E-state index in [0.29, 0.717) is 6.42 Å². The Hall–Kier alpha value is -0.990. The summed E-state index contributed by atoms with van der Waals surface area (Å²) in [5.41, 5.74) is 0. The first-order valence-electron chi connectivity index (χ1n) is 2.71. The molecule has 1 heterocycles. The molecule has 1 aliphatic heterocycles. The smallest absolute Gasteiger partial charge is 0.342 e. The van der Waals surface area contributed by atoms with Gasteiger partial charge in [-0.15, -0.1) is 0 Å². The van der Waals surface area contributed by atoms with Crippen molar-refractivity contribution in [1.82, 2.24) is 0 Å². The first-order valence-corrected chi connectivity index (χ1v) is 2.71. The third kappa shape index (κ3) is 1.45. The highest BCUT2D eigenvalue weighted by atomic mass is 16.5. The number of rotatable bonds is 0. The molecule has 3 nitrogen and oxygen atoms in total. The van der Waals surface area contributed by atoms with Gasteiger partial charge in [0.05, 0.1) is 0 Å². The van der Waals surface area contributed by atoms with Crippen molar-refractivity contribution >= 4 is 5.97 Å². The average Bonchev–Trinajstić information content (AvgIpc) is 1.59. The van der Waals surface area contributed by atoms with Gasteiger partial charge in [-0.25, -0.2) is 4.79 Å². The van der Waals surface area contributed by atoms with E-state index in [2.05, 4.69) is 10.8 Å². The van der Waals surface area contributed by atoms with Gasteiger partial charge in [-0.2, -0.15) is 0 Å². The second kappa shape index (κ2) is 2.09. The molecule has 3 heteroatoms. The summed E-state index contributed by atoms with van der Waals surface area (Å²) in [5, 5.41) is 8.75. The number of ether oxygens (including phenoxy) is 1. The number of carbonyl (C=O) groups excluding carboxylic acids is 1. The molecule has 0 aromatic rings. The van der Waals surface area contributed by atoms with Crippen molar-refractivity contribution in [3.8, 4) is 0 Å². The molecule has 0 saturated heterocycles. The van der Waals surface area contributed by atoms with Crippen LogP contribution >= 0.6 is 0 Å². The lowest BCUT2D eigenvalue weighted by Crippen LogP contribution is -2.19. The molecule has 9 heavy (non-hydrogen) atoms. The Kier molecular flexibility index (Phi) is 1.42. The Morgan fingerprint density at radius 1 is 1.89 bits per heavy atom. The van der Waals surface area contributed by atoms with E-state index in [4.69, 9.17) is 5.11 Å². The third-order valence-corrected chi connectivity index (χ3v) is 1.04. The Morgan fingerprint density at radius 2 is 2.56 bits per heavy atom. The van der Waals surface area contributed by atoms with Crippen LogP contribution in [0.1, 0.15) is 13.3 Å². The van der Waals surface area contributed by atoms with Crippen LogP contribution in [0.5, 0.6) is 0 Å². The van der Waals surface area contributed by atoms with Gasteiger partial charge in [-0.3, -0.25) is 0 Å². The maximum atomic E-state index is 10.4. The maximum Gasteiger partial charge on any atom is 0.342 e. The number of aliphatic hydroxyl groups is 1. The molecule has 0 aromatic heterocycles. The number of cyclic esters (lactones) is 1. The van der Waals surface area contributed by atoms with Crippen molar-refractivity contribution < 1.29 is 14.6 Å². The zero-order chi connectivity index (χ0) is 6.85. The number of carbonyl (C=O) groups is 1. The fourth-order valence-corrected chi connectivity index (χ4v) is 0.695. The molecule has 49 valence electrons. The zero-order valence-electron chi connectivity index (χ0n) is 5.05. The molecular formula is C6H7O3. The molecule has 0 saturated carbocycles. The van der Waals surface area contributed by atoms with Crippen molar-refractivity contribution in [3.63, 3.8) is 0 Å². The second-order valence-electron chi connectivity index (χ2n) is 1.99. The number of esters is 1. The van der Waals surface area contributed by atoms with Crippen LogP contribution in [-0.2, 0) is 9.53 Å². The molecule has 0 bridgehead atoms. The molecule has 1 aliphatic rings. The van der Waals surface area contributed by atoms with Gasteiger partial charge in [0, 0.05) is 6.42 Å². The van der Waals surface area contributed by atoms with Crippen LogP contribution in [0.25, 0.3) is 0 Å². The summed E-state index contributed by atoms with van der Waals surface area (Å²) in [7, 11) is 0. The lowest BCUT2D eigenvalue weighted by molar-refractivity contribution is -0.145. The molecule has 1 unspecified atom stereocenters. The molecule has 1 atom stereocenters. The van der Waals surface area contributed by atoms with Crippen LogP contribution in [0.2, 0.25) is 0 Å². The van der Waals surface area contributed by atoms with Crippen molar-refractivity contribution in [2.24, 2.45) is 0 Å². The van der Waals surface area contributed by atoms with Crippen LogP contribution in [0, 0.1) is 6.08 Å². The Labute approximate surface area is 52.9 Å². The van der Waals surface area contributed by atoms with E-state index in [9.17, 15) is 4.79 Å². The summed E-state index contributed by atoms with van der Waals surface area (Å²) in [6, 6.07) is 0.